The summed E-state index contributed by atoms with van der Waals surface area (Å²) in [6, 6.07) is 3.46. The van der Waals surface area contributed by atoms with Crippen molar-refractivity contribution >= 4 is 25.8 Å². The molecule has 0 aromatic heterocycles. The first kappa shape index (κ1) is 17.5. The van der Waals surface area contributed by atoms with E-state index in [0.29, 0.717) is 5.56 Å². The van der Waals surface area contributed by atoms with Crippen LogP contribution in [-0.4, -0.2) is 27.5 Å². The molecule has 1 N–H and O–H groups in total. The Hall–Kier alpha value is -0.600. The third-order valence-electron chi connectivity index (χ3n) is 2.82. The molecule has 0 saturated heterocycles. The SMILES string of the molecule is CNC(CCS(C)(=O)=O)c1ccc(Br)c(C(F)(F)F)c1. The number of alkyl halides is 3. The van der Waals surface area contributed by atoms with E-state index in [9.17, 15) is 21.6 Å². The fourth-order valence-electron chi connectivity index (χ4n) is 1.79. The van der Waals surface area contributed by atoms with Crippen molar-refractivity contribution in [2.75, 3.05) is 19.1 Å². The highest BCUT2D eigenvalue weighted by Gasteiger charge is 2.33. The summed E-state index contributed by atoms with van der Waals surface area (Å²) in [5, 5.41) is 2.84. The third kappa shape index (κ3) is 5.06. The summed E-state index contributed by atoms with van der Waals surface area (Å²) in [6.45, 7) is 0. The number of halogens is 4. The van der Waals surface area contributed by atoms with Crippen LogP contribution in [0.4, 0.5) is 13.2 Å². The minimum atomic E-state index is -4.45. The second-order valence-electron chi connectivity index (χ2n) is 4.50. The molecule has 3 nitrogen and oxygen atoms in total. The number of nitrogens with one attached hydrogen (secondary N) is 1. The zero-order chi connectivity index (χ0) is 15.6. The summed E-state index contributed by atoms with van der Waals surface area (Å²) in [6.07, 6.45) is -3.14. The van der Waals surface area contributed by atoms with Gasteiger partial charge >= 0.3 is 6.18 Å². The minimum absolute atomic E-state index is 0.0354. The molecule has 1 atom stereocenters. The van der Waals surface area contributed by atoms with Crippen LogP contribution in [0.15, 0.2) is 22.7 Å². The molecule has 0 saturated carbocycles. The summed E-state index contributed by atoms with van der Waals surface area (Å²) in [5.74, 6) is -0.0874. The number of benzene rings is 1. The van der Waals surface area contributed by atoms with E-state index in [-0.39, 0.29) is 16.6 Å². The van der Waals surface area contributed by atoms with Crippen molar-refractivity contribution in [3.8, 4) is 0 Å². The molecule has 1 aromatic carbocycles. The van der Waals surface area contributed by atoms with E-state index in [0.717, 1.165) is 12.3 Å². The number of hydrogen-bond acceptors (Lipinski definition) is 3. The maximum Gasteiger partial charge on any atom is 0.417 e. The average Bonchev–Trinajstić information content (AvgIpc) is 2.28. The first-order valence-corrected chi connectivity index (χ1v) is 8.61. The molecule has 0 bridgehead atoms. The van der Waals surface area contributed by atoms with Crippen LogP contribution in [0.25, 0.3) is 0 Å². The van der Waals surface area contributed by atoms with Gasteiger partial charge in [-0.05, 0) is 31.2 Å². The highest BCUT2D eigenvalue weighted by atomic mass is 79.9. The van der Waals surface area contributed by atoms with Crippen molar-refractivity contribution in [2.45, 2.75) is 18.6 Å². The molecule has 8 heteroatoms. The highest BCUT2D eigenvalue weighted by Crippen LogP contribution is 2.36. The Bertz CT molecular complexity index is 573. The average molecular weight is 374 g/mol. The molecule has 0 amide bonds. The van der Waals surface area contributed by atoms with Crippen molar-refractivity contribution in [3.05, 3.63) is 33.8 Å². The van der Waals surface area contributed by atoms with Gasteiger partial charge in [0.25, 0.3) is 0 Å². The van der Waals surface area contributed by atoms with E-state index in [1.807, 2.05) is 0 Å². The Morgan fingerprint density at radius 2 is 1.95 bits per heavy atom. The lowest BCUT2D eigenvalue weighted by Gasteiger charge is -2.18. The Kier molecular flexibility index (Phi) is 5.62. The van der Waals surface area contributed by atoms with Gasteiger partial charge in [0.15, 0.2) is 0 Å². The number of hydrogen-bond donors (Lipinski definition) is 1. The number of rotatable bonds is 5. The van der Waals surface area contributed by atoms with Gasteiger partial charge < -0.3 is 5.32 Å². The Labute approximate surface area is 124 Å². The molecule has 0 spiro atoms. The van der Waals surface area contributed by atoms with E-state index in [1.165, 1.54) is 6.07 Å². The first-order chi connectivity index (χ1) is 9.04. The van der Waals surface area contributed by atoms with E-state index in [4.69, 9.17) is 0 Å². The van der Waals surface area contributed by atoms with E-state index in [2.05, 4.69) is 21.2 Å². The smallest absolute Gasteiger partial charge is 0.313 e. The lowest BCUT2D eigenvalue weighted by atomic mass is 10.0. The van der Waals surface area contributed by atoms with Crippen LogP contribution in [0.2, 0.25) is 0 Å². The van der Waals surface area contributed by atoms with Crippen molar-refractivity contribution in [2.24, 2.45) is 0 Å². The van der Waals surface area contributed by atoms with Crippen molar-refractivity contribution in [1.29, 1.82) is 0 Å². The molecule has 0 aliphatic rings. The van der Waals surface area contributed by atoms with Gasteiger partial charge in [-0.1, -0.05) is 22.0 Å². The maximum absolute atomic E-state index is 12.8. The maximum atomic E-state index is 12.8. The summed E-state index contributed by atoms with van der Waals surface area (Å²) < 4.78 is 60.7. The Morgan fingerprint density at radius 1 is 1.35 bits per heavy atom. The number of sulfone groups is 1. The monoisotopic (exact) mass is 373 g/mol. The lowest BCUT2D eigenvalue weighted by Crippen LogP contribution is -2.20. The summed E-state index contributed by atoms with van der Waals surface area (Å²) >= 11 is 2.87. The summed E-state index contributed by atoms with van der Waals surface area (Å²) in [7, 11) is -1.57. The first-order valence-electron chi connectivity index (χ1n) is 5.76. The molecule has 0 fully saturated rings. The molecule has 0 heterocycles. The van der Waals surface area contributed by atoms with Crippen LogP contribution in [0, 0.1) is 0 Å². The highest BCUT2D eigenvalue weighted by molar-refractivity contribution is 9.10. The van der Waals surface area contributed by atoms with Crippen LogP contribution in [-0.2, 0) is 16.0 Å². The van der Waals surface area contributed by atoms with E-state index < -0.39 is 27.6 Å². The zero-order valence-electron chi connectivity index (χ0n) is 11.0. The molecule has 20 heavy (non-hydrogen) atoms. The van der Waals surface area contributed by atoms with Gasteiger partial charge in [0, 0.05) is 16.8 Å². The minimum Gasteiger partial charge on any atom is -0.313 e. The largest absolute Gasteiger partial charge is 0.417 e. The van der Waals surface area contributed by atoms with Gasteiger partial charge in [-0.2, -0.15) is 13.2 Å². The van der Waals surface area contributed by atoms with Gasteiger partial charge in [0.2, 0.25) is 0 Å². The lowest BCUT2D eigenvalue weighted by molar-refractivity contribution is -0.138. The normalized spacial score (nSPS) is 14.3. The van der Waals surface area contributed by atoms with Crippen LogP contribution < -0.4 is 5.32 Å². The molecule has 0 aliphatic carbocycles. The van der Waals surface area contributed by atoms with Crippen molar-refractivity contribution in [1.82, 2.24) is 5.32 Å². The van der Waals surface area contributed by atoms with Crippen LogP contribution in [0.5, 0.6) is 0 Å². The van der Waals surface area contributed by atoms with Gasteiger partial charge in [0.1, 0.15) is 9.84 Å². The second kappa shape index (κ2) is 6.44. The molecule has 0 radical (unpaired) electrons. The zero-order valence-corrected chi connectivity index (χ0v) is 13.4. The van der Waals surface area contributed by atoms with Crippen molar-refractivity contribution in [3.63, 3.8) is 0 Å². The Morgan fingerprint density at radius 3 is 2.40 bits per heavy atom. The van der Waals surface area contributed by atoms with Crippen LogP contribution in [0.1, 0.15) is 23.6 Å². The quantitative estimate of drug-likeness (QED) is 0.861. The van der Waals surface area contributed by atoms with Gasteiger partial charge in [-0.3, -0.25) is 0 Å². The van der Waals surface area contributed by atoms with Gasteiger partial charge in [0.05, 0.1) is 11.3 Å². The van der Waals surface area contributed by atoms with Crippen LogP contribution >= 0.6 is 15.9 Å². The predicted octanol–water partition coefficient (Wildman–Crippen LogP) is 3.16. The summed E-state index contributed by atoms with van der Waals surface area (Å²) in [5.41, 5.74) is -0.360. The third-order valence-corrected chi connectivity index (χ3v) is 4.49. The molecule has 1 rings (SSSR count). The summed E-state index contributed by atoms with van der Waals surface area (Å²) in [4.78, 5) is 0. The molecular weight excluding hydrogens is 359 g/mol. The van der Waals surface area contributed by atoms with Crippen LogP contribution in [0.3, 0.4) is 0 Å². The van der Waals surface area contributed by atoms with Gasteiger partial charge in [-0.15, -0.1) is 0 Å². The van der Waals surface area contributed by atoms with Gasteiger partial charge in [-0.25, -0.2) is 8.42 Å². The molecule has 114 valence electrons. The fraction of sp³-hybridized carbons (Fsp3) is 0.500. The standard InChI is InChI=1S/C12H15BrF3NO2S/c1-17-11(5-6-20(2,18)19)8-3-4-10(13)9(7-8)12(14,15)16/h3-4,7,11,17H,5-6H2,1-2H3. The molecule has 1 unspecified atom stereocenters. The second-order valence-corrected chi connectivity index (χ2v) is 7.61. The molecular formula is C12H15BrF3NO2S. The van der Waals surface area contributed by atoms with E-state index >= 15 is 0 Å². The Balaban J connectivity index is 3.05. The molecule has 1 aromatic rings. The predicted molar refractivity (Wildman–Crippen MR) is 75.3 cm³/mol. The van der Waals surface area contributed by atoms with E-state index in [1.54, 1.807) is 13.1 Å². The fourth-order valence-corrected chi connectivity index (χ4v) is 2.92. The molecule has 0 aliphatic heterocycles. The topological polar surface area (TPSA) is 46.2 Å². The van der Waals surface area contributed by atoms with Crippen molar-refractivity contribution < 1.29 is 21.6 Å².